The summed E-state index contributed by atoms with van der Waals surface area (Å²) in [5, 5.41) is 8.17. The van der Waals surface area contributed by atoms with E-state index in [4.69, 9.17) is 10.8 Å². The minimum absolute atomic E-state index is 0.395. The molecule has 88 valence electrons. The van der Waals surface area contributed by atoms with Crippen molar-refractivity contribution < 1.29 is 0 Å². The van der Waals surface area contributed by atoms with Gasteiger partial charge in [0.2, 0.25) is 0 Å². The van der Waals surface area contributed by atoms with Crippen molar-refractivity contribution in [2.24, 2.45) is 5.73 Å². The third kappa shape index (κ3) is 1.61. The van der Waals surface area contributed by atoms with Gasteiger partial charge in [-0.25, -0.2) is 4.68 Å². The van der Waals surface area contributed by atoms with Crippen LogP contribution >= 0.6 is 0 Å². The summed E-state index contributed by atoms with van der Waals surface area (Å²) in [5.41, 5.74) is 7.07. The van der Waals surface area contributed by atoms with Gasteiger partial charge in [-0.1, -0.05) is 12.8 Å². The summed E-state index contributed by atoms with van der Waals surface area (Å²) in [6.45, 7) is 1.72. The lowest BCUT2D eigenvalue weighted by Crippen LogP contribution is -2.28. The molecule has 1 aromatic heterocycles. The van der Waals surface area contributed by atoms with E-state index in [2.05, 4.69) is 16.1 Å². The van der Waals surface area contributed by atoms with Crippen molar-refractivity contribution in [3.63, 3.8) is 0 Å². The van der Waals surface area contributed by atoms with Gasteiger partial charge in [-0.05, 0) is 19.3 Å². The average Bonchev–Trinajstić information content (AvgIpc) is 2.96. The molecule has 4 nitrogen and oxygen atoms in total. The van der Waals surface area contributed by atoms with E-state index in [1.807, 2.05) is 0 Å². The monoisotopic (exact) mass is 220 g/mol. The van der Waals surface area contributed by atoms with Gasteiger partial charge < -0.3 is 11.1 Å². The molecule has 3 rings (SSSR count). The molecule has 0 amide bonds. The fraction of sp³-hybridized carbons (Fsp3) is 0.750. The third-order valence-corrected chi connectivity index (χ3v) is 3.93. The first-order chi connectivity index (χ1) is 7.88. The van der Waals surface area contributed by atoms with Crippen molar-refractivity contribution in [1.29, 1.82) is 0 Å². The van der Waals surface area contributed by atoms with Crippen LogP contribution in [0.25, 0.3) is 0 Å². The number of rotatable bonds is 2. The van der Waals surface area contributed by atoms with Gasteiger partial charge in [0.25, 0.3) is 0 Å². The lowest BCUT2D eigenvalue weighted by molar-refractivity contribution is 0.422. The Balaban J connectivity index is 1.89. The maximum Gasteiger partial charge on any atom is 0.124 e. The molecule has 2 heterocycles. The third-order valence-electron chi connectivity index (χ3n) is 3.93. The zero-order valence-corrected chi connectivity index (χ0v) is 9.65. The summed E-state index contributed by atoms with van der Waals surface area (Å²) in [4.78, 5) is 0. The minimum Gasteiger partial charge on any atom is -0.370 e. The van der Waals surface area contributed by atoms with Crippen molar-refractivity contribution in [2.45, 2.75) is 44.1 Å². The molecule has 1 aromatic rings. The van der Waals surface area contributed by atoms with Crippen molar-refractivity contribution in [1.82, 2.24) is 9.78 Å². The Kier molecular flexibility index (Phi) is 2.59. The predicted octanol–water partition coefficient (Wildman–Crippen LogP) is 1.86. The van der Waals surface area contributed by atoms with Crippen molar-refractivity contribution in [3.8, 4) is 0 Å². The van der Waals surface area contributed by atoms with Crippen molar-refractivity contribution >= 4 is 5.82 Å². The highest BCUT2D eigenvalue weighted by Crippen LogP contribution is 2.35. The maximum atomic E-state index is 5.79. The molecule has 16 heavy (non-hydrogen) atoms. The Bertz CT molecular complexity index is 365. The summed E-state index contributed by atoms with van der Waals surface area (Å²) in [7, 11) is 0. The van der Waals surface area contributed by atoms with Gasteiger partial charge in [0.05, 0.1) is 11.7 Å². The van der Waals surface area contributed by atoms with Gasteiger partial charge in [-0.15, -0.1) is 0 Å². The molecule has 0 bridgehead atoms. The molecule has 0 spiro atoms. The van der Waals surface area contributed by atoms with Gasteiger partial charge in [0.15, 0.2) is 0 Å². The second kappa shape index (κ2) is 4.09. The Labute approximate surface area is 96.2 Å². The normalized spacial score (nSPS) is 25.4. The lowest BCUT2D eigenvalue weighted by Gasteiger charge is -2.24. The molecule has 4 heteroatoms. The number of nitrogens with one attached hydrogen (secondary N) is 1. The van der Waals surface area contributed by atoms with Gasteiger partial charge >= 0.3 is 0 Å². The number of anilines is 1. The summed E-state index contributed by atoms with van der Waals surface area (Å²) >= 11 is 0. The highest BCUT2D eigenvalue weighted by molar-refractivity contribution is 5.40. The van der Waals surface area contributed by atoms with E-state index >= 15 is 0 Å². The summed E-state index contributed by atoms with van der Waals surface area (Å²) in [6.07, 6.45) is 6.43. The molecule has 1 atom stereocenters. The van der Waals surface area contributed by atoms with Crippen molar-refractivity contribution in [3.05, 3.63) is 11.8 Å². The second-order valence-electron chi connectivity index (χ2n) is 4.99. The highest BCUT2D eigenvalue weighted by Gasteiger charge is 2.25. The molecule has 1 aliphatic heterocycles. The number of nitrogens with zero attached hydrogens (tertiary/aromatic N) is 2. The molecule has 1 unspecified atom stereocenters. The molecular weight excluding hydrogens is 200 g/mol. The predicted molar refractivity (Wildman–Crippen MR) is 64.6 cm³/mol. The van der Waals surface area contributed by atoms with Crippen LogP contribution in [0.1, 0.15) is 49.8 Å². The Morgan fingerprint density at radius 2 is 2.19 bits per heavy atom. The van der Waals surface area contributed by atoms with E-state index < -0.39 is 0 Å². The molecule has 0 saturated heterocycles. The quantitative estimate of drug-likeness (QED) is 0.799. The fourth-order valence-electron chi connectivity index (χ4n) is 2.95. The van der Waals surface area contributed by atoms with E-state index in [0.717, 1.165) is 13.0 Å². The molecule has 1 saturated carbocycles. The minimum atomic E-state index is 0.395. The van der Waals surface area contributed by atoms with E-state index in [0.29, 0.717) is 18.5 Å². The van der Waals surface area contributed by atoms with Crippen LogP contribution in [-0.2, 0) is 0 Å². The molecule has 0 aromatic carbocycles. The van der Waals surface area contributed by atoms with Gasteiger partial charge in [0.1, 0.15) is 5.82 Å². The van der Waals surface area contributed by atoms with Crippen LogP contribution in [0, 0.1) is 0 Å². The molecule has 3 N–H and O–H groups in total. The van der Waals surface area contributed by atoms with E-state index in [-0.39, 0.29) is 0 Å². The van der Waals surface area contributed by atoms with Crippen LogP contribution in [0.4, 0.5) is 5.82 Å². The number of nitrogens with two attached hydrogens (primary N) is 1. The SMILES string of the molecule is NCC1CCNc2cc(C3CCCC3)nn21. The van der Waals surface area contributed by atoms with Crippen LogP contribution in [0.3, 0.4) is 0 Å². The lowest BCUT2D eigenvalue weighted by atomic mass is 10.0. The van der Waals surface area contributed by atoms with Crippen LogP contribution in [0.2, 0.25) is 0 Å². The average molecular weight is 220 g/mol. The molecule has 2 aliphatic rings. The first kappa shape index (κ1) is 10.1. The van der Waals surface area contributed by atoms with Gasteiger partial charge in [-0.3, -0.25) is 0 Å². The number of hydrogen-bond acceptors (Lipinski definition) is 3. The first-order valence-corrected chi connectivity index (χ1v) is 6.42. The Morgan fingerprint density at radius 3 is 2.94 bits per heavy atom. The smallest absolute Gasteiger partial charge is 0.124 e. The van der Waals surface area contributed by atoms with Crippen LogP contribution in [-0.4, -0.2) is 22.9 Å². The van der Waals surface area contributed by atoms with Gasteiger partial charge in [0, 0.05) is 25.1 Å². The number of fused-ring (bicyclic) bond motifs is 1. The zero-order valence-electron chi connectivity index (χ0n) is 9.65. The number of aromatic nitrogens is 2. The number of hydrogen-bond donors (Lipinski definition) is 2. The van der Waals surface area contributed by atoms with E-state index in [1.54, 1.807) is 0 Å². The largest absolute Gasteiger partial charge is 0.370 e. The summed E-state index contributed by atoms with van der Waals surface area (Å²) in [5.74, 6) is 1.86. The molecule has 0 radical (unpaired) electrons. The van der Waals surface area contributed by atoms with E-state index in [1.165, 1.54) is 37.2 Å². The Morgan fingerprint density at radius 1 is 1.38 bits per heavy atom. The van der Waals surface area contributed by atoms with Crippen LogP contribution in [0.5, 0.6) is 0 Å². The van der Waals surface area contributed by atoms with Crippen LogP contribution < -0.4 is 11.1 Å². The molecular formula is C12H20N4. The van der Waals surface area contributed by atoms with Gasteiger partial charge in [-0.2, -0.15) is 5.10 Å². The standard InChI is InChI=1S/C12H20N4/c13-8-10-5-6-14-12-7-11(15-16(10)12)9-3-1-2-4-9/h7,9-10,14H,1-6,8,13H2. The fourth-order valence-corrected chi connectivity index (χ4v) is 2.95. The molecule has 1 fully saturated rings. The second-order valence-corrected chi connectivity index (χ2v) is 4.99. The summed E-state index contributed by atoms with van der Waals surface area (Å²) < 4.78 is 2.11. The first-order valence-electron chi connectivity index (χ1n) is 6.42. The topological polar surface area (TPSA) is 55.9 Å². The zero-order chi connectivity index (χ0) is 11.0. The molecule has 1 aliphatic carbocycles. The highest BCUT2D eigenvalue weighted by atomic mass is 15.4. The van der Waals surface area contributed by atoms with E-state index in [9.17, 15) is 0 Å². The Hall–Kier alpha value is -1.03. The van der Waals surface area contributed by atoms with Crippen LogP contribution in [0.15, 0.2) is 6.07 Å². The maximum absolute atomic E-state index is 5.79. The van der Waals surface area contributed by atoms with Crippen molar-refractivity contribution in [2.75, 3.05) is 18.4 Å². The summed E-state index contributed by atoms with van der Waals surface area (Å²) in [6, 6.07) is 2.63.